The molecule has 8 heteroatoms. The van der Waals surface area contributed by atoms with E-state index in [1.807, 2.05) is 13.0 Å². The lowest BCUT2D eigenvalue weighted by Crippen LogP contribution is -2.21. The van der Waals surface area contributed by atoms with Crippen LogP contribution in [0.4, 0.5) is 5.69 Å². The van der Waals surface area contributed by atoms with E-state index in [4.69, 9.17) is 4.74 Å². The summed E-state index contributed by atoms with van der Waals surface area (Å²) in [6.45, 7) is 1.46. The van der Waals surface area contributed by atoms with Gasteiger partial charge < -0.3 is 15.4 Å². The van der Waals surface area contributed by atoms with E-state index in [-0.39, 0.29) is 24.5 Å². The zero-order chi connectivity index (χ0) is 19.8. The number of ether oxygens (including phenoxy) is 1. The Labute approximate surface area is 160 Å². The molecule has 27 heavy (non-hydrogen) atoms. The van der Waals surface area contributed by atoms with Crippen LogP contribution in [0.1, 0.15) is 37.7 Å². The molecule has 2 amide bonds. The largest absolute Gasteiger partial charge is 0.456 e. The highest BCUT2D eigenvalue weighted by Crippen LogP contribution is 2.17. The number of Topliss-reactive ketones (excluding diaryl/α,β-unsaturated/α-hetero) is 1. The molecule has 0 aliphatic heterocycles. The van der Waals surface area contributed by atoms with Crippen molar-refractivity contribution in [1.29, 1.82) is 0 Å². The zero-order valence-electron chi connectivity index (χ0n) is 15.0. The van der Waals surface area contributed by atoms with Gasteiger partial charge in [0, 0.05) is 29.6 Å². The first-order valence-electron chi connectivity index (χ1n) is 8.26. The number of esters is 1. The van der Waals surface area contributed by atoms with Gasteiger partial charge in [0.1, 0.15) is 0 Å². The molecular formula is C19H20N2O5S. The Morgan fingerprint density at radius 1 is 1.00 bits per heavy atom. The molecule has 142 valence electrons. The van der Waals surface area contributed by atoms with Crippen LogP contribution in [0.2, 0.25) is 0 Å². The van der Waals surface area contributed by atoms with Crippen molar-refractivity contribution in [3.8, 4) is 0 Å². The second kappa shape index (κ2) is 9.63. The molecule has 1 aromatic heterocycles. The maximum Gasteiger partial charge on any atom is 0.306 e. The number of amides is 2. The fourth-order valence-corrected chi connectivity index (χ4v) is 3.02. The maximum atomic E-state index is 11.9. The molecule has 0 aliphatic rings. The quantitative estimate of drug-likeness (QED) is 0.535. The Balaban J connectivity index is 1.72. The van der Waals surface area contributed by atoms with Crippen molar-refractivity contribution in [2.24, 2.45) is 0 Å². The van der Waals surface area contributed by atoms with Gasteiger partial charge in [0.15, 0.2) is 12.4 Å². The van der Waals surface area contributed by atoms with Gasteiger partial charge in [0.05, 0.1) is 11.3 Å². The number of carbonyl (C=O) groups is 4. The molecule has 0 bridgehead atoms. The highest BCUT2D eigenvalue weighted by atomic mass is 32.1. The van der Waals surface area contributed by atoms with Crippen molar-refractivity contribution >= 4 is 40.6 Å². The highest BCUT2D eigenvalue weighted by Gasteiger charge is 2.13. The monoisotopic (exact) mass is 388 g/mol. The van der Waals surface area contributed by atoms with Crippen LogP contribution in [0.25, 0.3) is 0 Å². The predicted octanol–water partition coefficient (Wildman–Crippen LogP) is 2.56. The number of hydrogen-bond donors (Lipinski definition) is 2. The van der Waals surface area contributed by atoms with Crippen molar-refractivity contribution in [2.75, 3.05) is 19.0 Å². The van der Waals surface area contributed by atoms with E-state index in [9.17, 15) is 19.2 Å². The average Bonchev–Trinajstić information content (AvgIpc) is 3.11. The van der Waals surface area contributed by atoms with Crippen molar-refractivity contribution in [3.63, 3.8) is 0 Å². The molecule has 2 rings (SSSR count). The summed E-state index contributed by atoms with van der Waals surface area (Å²) in [6, 6.07) is 9.87. The standard InChI is InChI=1S/C19H20N2O5S/c1-12-3-9-16(27-12)15(22)8-10-18(24)26-11-17(23)21-14-6-4-13(5-7-14)19(25)20-2/h3-7,9H,8,10-11H2,1-2H3,(H,20,25)(H,21,23). The number of nitrogens with one attached hydrogen (secondary N) is 2. The summed E-state index contributed by atoms with van der Waals surface area (Å²) in [6.07, 6.45) is -0.0365. The van der Waals surface area contributed by atoms with E-state index < -0.39 is 18.5 Å². The molecule has 2 N–H and O–H groups in total. The number of carbonyl (C=O) groups excluding carboxylic acids is 4. The summed E-state index contributed by atoms with van der Waals surface area (Å²) in [5.41, 5.74) is 0.944. The summed E-state index contributed by atoms with van der Waals surface area (Å²) in [7, 11) is 1.53. The second-order valence-electron chi connectivity index (χ2n) is 5.70. The van der Waals surface area contributed by atoms with E-state index in [0.29, 0.717) is 16.1 Å². The van der Waals surface area contributed by atoms with Crippen LogP contribution in [0.5, 0.6) is 0 Å². The molecule has 2 aromatic rings. The summed E-state index contributed by atoms with van der Waals surface area (Å²) >= 11 is 1.38. The fourth-order valence-electron chi connectivity index (χ4n) is 2.19. The summed E-state index contributed by atoms with van der Waals surface area (Å²) in [4.78, 5) is 48.5. The topological polar surface area (TPSA) is 102 Å². The van der Waals surface area contributed by atoms with Gasteiger partial charge in [-0.05, 0) is 43.3 Å². The van der Waals surface area contributed by atoms with Gasteiger partial charge in [0.2, 0.25) is 0 Å². The number of benzene rings is 1. The third-order valence-corrected chi connectivity index (χ3v) is 4.64. The molecule has 7 nitrogen and oxygen atoms in total. The van der Waals surface area contributed by atoms with Gasteiger partial charge in [0.25, 0.3) is 11.8 Å². The van der Waals surface area contributed by atoms with Gasteiger partial charge in [-0.2, -0.15) is 0 Å². The van der Waals surface area contributed by atoms with Crippen molar-refractivity contribution in [1.82, 2.24) is 5.32 Å². The lowest BCUT2D eigenvalue weighted by atomic mass is 10.2. The van der Waals surface area contributed by atoms with E-state index in [2.05, 4.69) is 10.6 Å². The summed E-state index contributed by atoms with van der Waals surface area (Å²) < 4.78 is 4.88. The van der Waals surface area contributed by atoms with Gasteiger partial charge in [-0.15, -0.1) is 11.3 Å². The molecule has 0 aliphatic carbocycles. The summed E-state index contributed by atoms with van der Waals surface area (Å²) in [5, 5.41) is 5.06. The van der Waals surface area contributed by atoms with Gasteiger partial charge >= 0.3 is 5.97 Å². The Kier molecular flexibility index (Phi) is 7.25. The van der Waals surface area contributed by atoms with Crippen LogP contribution in [-0.4, -0.2) is 37.2 Å². The Bertz CT molecular complexity index is 842. The van der Waals surface area contributed by atoms with Crippen LogP contribution in [0.15, 0.2) is 36.4 Å². The molecule has 0 unspecified atom stereocenters. The molecule has 0 radical (unpaired) electrons. The molecule has 0 saturated carbocycles. The number of thiophene rings is 1. The first-order chi connectivity index (χ1) is 12.9. The first kappa shape index (κ1) is 20.3. The molecular weight excluding hydrogens is 368 g/mol. The normalized spacial score (nSPS) is 10.1. The molecule has 0 saturated heterocycles. The van der Waals surface area contributed by atoms with Gasteiger partial charge in [-0.1, -0.05) is 0 Å². The number of hydrogen-bond acceptors (Lipinski definition) is 6. The average molecular weight is 388 g/mol. The predicted molar refractivity (Wildman–Crippen MR) is 102 cm³/mol. The van der Waals surface area contributed by atoms with Crippen LogP contribution < -0.4 is 10.6 Å². The minimum atomic E-state index is -0.609. The minimum Gasteiger partial charge on any atom is -0.456 e. The third-order valence-electron chi connectivity index (χ3n) is 3.59. The number of anilines is 1. The van der Waals surface area contributed by atoms with E-state index in [1.54, 1.807) is 30.3 Å². The van der Waals surface area contributed by atoms with Gasteiger partial charge in [-0.3, -0.25) is 19.2 Å². The van der Waals surface area contributed by atoms with E-state index in [1.165, 1.54) is 18.4 Å². The third kappa shape index (κ3) is 6.34. The zero-order valence-corrected chi connectivity index (χ0v) is 15.9. The van der Waals surface area contributed by atoms with Crippen LogP contribution in [0.3, 0.4) is 0 Å². The second-order valence-corrected chi connectivity index (χ2v) is 6.99. The lowest BCUT2D eigenvalue weighted by Gasteiger charge is -2.07. The van der Waals surface area contributed by atoms with E-state index in [0.717, 1.165) is 4.88 Å². The first-order valence-corrected chi connectivity index (χ1v) is 9.08. The summed E-state index contributed by atoms with van der Waals surface area (Å²) in [5.74, 6) is -1.46. The SMILES string of the molecule is CNC(=O)c1ccc(NC(=O)COC(=O)CCC(=O)c2ccc(C)s2)cc1. The van der Waals surface area contributed by atoms with E-state index >= 15 is 0 Å². The Morgan fingerprint density at radius 3 is 2.30 bits per heavy atom. The highest BCUT2D eigenvalue weighted by molar-refractivity contribution is 7.14. The Morgan fingerprint density at radius 2 is 1.70 bits per heavy atom. The molecule has 0 atom stereocenters. The molecule has 0 spiro atoms. The van der Waals surface area contributed by atoms with Crippen LogP contribution in [0, 0.1) is 6.92 Å². The number of aryl methyl sites for hydroxylation is 1. The number of rotatable bonds is 8. The smallest absolute Gasteiger partial charge is 0.306 e. The fraction of sp³-hybridized carbons (Fsp3) is 0.263. The minimum absolute atomic E-state index is 0.0430. The van der Waals surface area contributed by atoms with Crippen LogP contribution >= 0.6 is 11.3 Å². The Hall–Kier alpha value is -3.00. The molecule has 1 aromatic carbocycles. The lowest BCUT2D eigenvalue weighted by molar-refractivity contribution is -0.147. The van der Waals surface area contributed by atoms with Crippen LogP contribution in [-0.2, 0) is 14.3 Å². The maximum absolute atomic E-state index is 11.9. The number of ketones is 1. The van der Waals surface area contributed by atoms with Crippen molar-refractivity contribution in [3.05, 3.63) is 51.7 Å². The molecule has 1 heterocycles. The van der Waals surface area contributed by atoms with Crippen molar-refractivity contribution in [2.45, 2.75) is 19.8 Å². The van der Waals surface area contributed by atoms with Gasteiger partial charge in [-0.25, -0.2) is 0 Å². The van der Waals surface area contributed by atoms with Crippen molar-refractivity contribution < 1.29 is 23.9 Å². The molecule has 0 fully saturated rings.